The van der Waals surface area contributed by atoms with Crippen molar-refractivity contribution in [1.29, 1.82) is 0 Å². The Balaban J connectivity index is 0. The molecule has 0 aromatic rings. The molecule has 0 rings (SSSR count). The largest absolute Gasteiger partial charge is 1.00 e. The first-order valence-electron chi connectivity index (χ1n) is 25.8. The summed E-state index contributed by atoms with van der Waals surface area (Å²) in [6.45, 7) is 7.50. The molecule has 0 atom stereocenters. The van der Waals surface area contributed by atoms with Crippen LogP contribution in [0.25, 0.3) is 0 Å². The number of unbranched alkanes of at least 4 members (excludes halogenated alkanes) is 32. The van der Waals surface area contributed by atoms with Crippen LogP contribution in [0, 0.1) is 5.41 Å². The number of quaternary nitrogens is 1. The molecule has 0 spiro atoms. The fourth-order valence-electron chi connectivity index (χ4n) is 8.34. The second-order valence-electron chi connectivity index (χ2n) is 19.5. The van der Waals surface area contributed by atoms with E-state index in [1.54, 1.807) is 0 Å². The molecular formula is C52H102ClNO6. The Labute approximate surface area is 379 Å². The Hall–Kier alpha value is -1.34. The number of carbonyl (C=O) groups is 3. The fraction of sp³-hybridized carbons (Fsp3) is 0.942. The molecule has 0 aliphatic heterocycles. The number of hydrogen-bond donors (Lipinski definition) is 0. The quantitative estimate of drug-likeness (QED) is 0.0262. The van der Waals surface area contributed by atoms with Crippen LogP contribution in [0.1, 0.15) is 265 Å². The predicted octanol–water partition coefficient (Wildman–Crippen LogP) is 12.2. The van der Waals surface area contributed by atoms with Crippen molar-refractivity contribution in [2.45, 2.75) is 265 Å². The van der Waals surface area contributed by atoms with Gasteiger partial charge in [0.1, 0.15) is 25.2 Å². The van der Waals surface area contributed by atoms with Crippen LogP contribution in [0.4, 0.5) is 0 Å². The zero-order valence-corrected chi connectivity index (χ0v) is 41.7. The summed E-state index contributed by atoms with van der Waals surface area (Å²) >= 11 is 0. The molecule has 60 heavy (non-hydrogen) atoms. The van der Waals surface area contributed by atoms with E-state index in [0.717, 1.165) is 57.8 Å². The van der Waals surface area contributed by atoms with Crippen molar-refractivity contribution in [1.82, 2.24) is 0 Å². The Kier molecular flexibility index (Phi) is 44.8. The highest BCUT2D eigenvalue weighted by molar-refractivity contribution is 5.70. The highest BCUT2D eigenvalue weighted by Gasteiger charge is 2.41. The number of esters is 3. The molecule has 0 radical (unpaired) electrons. The van der Waals surface area contributed by atoms with Crippen molar-refractivity contribution in [2.24, 2.45) is 5.41 Å². The molecule has 0 fully saturated rings. The minimum atomic E-state index is -0.815. The van der Waals surface area contributed by atoms with Crippen molar-refractivity contribution in [3.63, 3.8) is 0 Å². The van der Waals surface area contributed by atoms with Gasteiger partial charge >= 0.3 is 17.9 Å². The number of halogens is 1. The average molecular weight is 873 g/mol. The van der Waals surface area contributed by atoms with E-state index >= 15 is 0 Å². The van der Waals surface area contributed by atoms with Crippen LogP contribution in [0.15, 0.2) is 0 Å². The van der Waals surface area contributed by atoms with Crippen LogP contribution in [0.2, 0.25) is 0 Å². The lowest BCUT2D eigenvalue weighted by molar-refractivity contribution is -0.877. The van der Waals surface area contributed by atoms with Crippen LogP contribution in [0.3, 0.4) is 0 Å². The van der Waals surface area contributed by atoms with E-state index in [1.165, 1.54) is 167 Å². The smallest absolute Gasteiger partial charge is 0.305 e. The number of ether oxygens (including phenoxy) is 3. The van der Waals surface area contributed by atoms with Crippen molar-refractivity contribution < 1.29 is 45.5 Å². The van der Waals surface area contributed by atoms with E-state index in [4.69, 9.17) is 14.2 Å². The maximum Gasteiger partial charge on any atom is 0.305 e. The molecule has 358 valence electrons. The van der Waals surface area contributed by atoms with Gasteiger partial charge in [0.05, 0.1) is 27.7 Å². The van der Waals surface area contributed by atoms with Gasteiger partial charge in [-0.05, 0) is 19.3 Å². The van der Waals surface area contributed by atoms with Crippen molar-refractivity contribution in [2.75, 3.05) is 47.5 Å². The first kappa shape index (κ1) is 60.7. The molecule has 0 aromatic heterocycles. The average Bonchev–Trinajstić information content (AvgIpc) is 3.20. The van der Waals surface area contributed by atoms with E-state index in [0.29, 0.717) is 30.3 Å². The van der Waals surface area contributed by atoms with Crippen molar-refractivity contribution in [3.05, 3.63) is 0 Å². The number of hydrogen-bond acceptors (Lipinski definition) is 6. The first-order chi connectivity index (χ1) is 28.6. The minimum absolute atomic E-state index is 0. The lowest BCUT2D eigenvalue weighted by atomic mass is 9.89. The lowest BCUT2D eigenvalue weighted by Gasteiger charge is -2.38. The molecule has 0 heterocycles. The van der Waals surface area contributed by atoms with Gasteiger partial charge in [-0.2, -0.15) is 0 Å². The van der Waals surface area contributed by atoms with Gasteiger partial charge in [0.25, 0.3) is 0 Å². The molecular weight excluding hydrogens is 770 g/mol. The van der Waals surface area contributed by atoms with E-state index < -0.39 is 5.41 Å². The van der Waals surface area contributed by atoms with E-state index in [2.05, 4.69) is 41.9 Å². The van der Waals surface area contributed by atoms with Crippen LogP contribution in [-0.4, -0.2) is 69.9 Å². The van der Waals surface area contributed by atoms with Gasteiger partial charge in [-0.25, -0.2) is 0 Å². The minimum Gasteiger partial charge on any atom is -1.00 e. The van der Waals surface area contributed by atoms with Gasteiger partial charge in [0.2, 0.25) is 0 Å². The third-order valence-corrected chi connectivity index (χ3v) is 11.9. The number of carbonyl (C=O) groups excluding carboxylic acids is 3. The molecule has 0 N–H and O–H groups in total. The number of rotatable bonds is 46. The summed E-state index contributed by atoms with van der Waals surface area (Å²) < 4.78 is 18.3. The van der Waals surface area contributed by atoms with Gasteiger partial charge < -0.3 is 31.1 Å². The molecule has 0 unspecified atom stereocenters. The lowest BCUT2D eigenvalue weighted by Crippen LogP contribution is -3.00. The normalized spacial score (nSPS) is 11.7. The molecule has 0 aliphatic rings. The van der Waals surface area contributed by atoms with E-state index in [1.807, 2.05) is 0 Å². The summed E-state index contributed by atoms with van der Waals surface area (Å²) in [6.07, 6.45) is 44.7. The molecule has 0 saturated heterocycles. The van der Waals surface area contributed by atoms with Crippen LogP contribution >= 0.6 is 0 Å². The summed E-state index contributed by atoms with van der Waals surface area (Å²) in [5.74, 6) is -0.678. The summed E-state index contributed by atoms with van der Waals surface area (Å²) in [5, 5.41) is 0. The van der Waals surface area contributed by atoms with Crippen molar-refractivity contribution in [3.8, 4) is 0 Å². The molecule has 8 heteroatoms. The molecule has 0 aromatic carbocycles. The second kappa shape index (κ2) is 44.3. The van der Waals surface area contributed by atoms with Gasteiger partial charge in [-0.15, -0.1) is 0 Å². The molecule has 0 amide bonds. The molecule has 0 bridgehead atoms. The van der Waals surface area contributed by atoms with E-state index in [9.17, 15) is 14.4 Å². The van der Waals surface area contributed by atoms with E-state index in [-0.39, 0.29) is 50.1 Å². The third-order valence-electron chi connectivity index (χ3n) is 11.9. The standard InChI is InChI=1S/C52H102NO6.ClH/c1-7-10-13-16-19-22-23-24-25-26-27-28-29-32-35-38-41-44-51(56)59-48-52(45-53(4,5)6,46-57-49(54)42-39-36-33-30-20-17-14-11-8-2)47-58-50(55)43-40-37-34-31-21-18-15-12-9-3;/h7-48H2,1-6H3;1H/q+1;/p-1. The highest BCUT2D eigenvalue weighted by Crippen LogP contribution is 2.25. The summed E-state index contributed by atoms with van der Waals surface area (Å²) in [4.78, 5) is 39.0. The summed E-state index contributed by atoms with van der Waals surface area (Å²) in [6, 6.07) is 0. The van der Waals surface area contributed by atoms with Crippen LogP contribution in [-0.2, 0) is 28.6 Å². The topological polar surface area (TPSA) is 78.9 Å². The molecule has 0 aliphatic carbocycles. The maximum absolute atomic E-state index is 13.1. The maximum atomic E-state index is 13.1. The monoisotopic (exact) mass is 872 g/mol. The van der Waals surface area contributed by atoms with Gasteiger partial charge in [-0.1, -0.05) is 226 Å². The summed E-state index contributed by atoms with van der Waals surface area (Å²) in [7, 11) is 6.21. The zero-order valence-electron chi connectivity index (χ0n) is 41.0. The zero-order chi connectivity index (χ0) is 43.6. The fourth-order valence-corrected chi connectivity index (χ4v) is 8.34. The number of nitrogens with zero attached hydrogens (tertiary/aromatic N) is 1. The predicted molar refractivity (Wildman–Crippen MR) is 251 cm³/mol. The Morgan fingerprint density at radius 2 is 0.517 bits per heavy atom. The van der Waals surface area contributed by atoms with Crippen molar-refractivity contribution >= 4 is 17.9 Å². The van der Waals surface area contributed by atoms with Gasteiger partial charge in [0.15, 0.2) is 0 Å². The Morgan fingerprint density at radius 1 is 0.333 bits per heavy atom. The highest BCUT2D eigenvalue weighted by atomic mass is 35.5. The molecule has 7 nitrogen and oxygen atoms in total. The second-order valence-corrected chi connectivity index (χ2v) is 19.5. The summed E-state index contributed by atoms with van der Waals surface area (Å²) in [5.41, 5.74) is -0.815. The Bertz CT molecular complexity index is 915. The SMILES string of the molecule is CCCCCCCCCCCCCCCCCCCC(=O)OCC(COC(=O)CCCCCCCCCCC)(COC(=O)CCCCCCCCCCC)C[N+](C)(C)C.[Cl-]. The molecule has 0 saturated carbocycles. The van der Waals surface area contributed by atoms with Crippen LogP contribution in [0.5, 0.6) is 0 Å². The first-order valence-corrected chi connectivity index (χ1v) is 25.8. The van der Waals surface area contributed by atoms with Gasteiger partial charge in [-0.3, -0.25) is 14.4 Å². The van der Waals surface area contributed by atoms with Gasteiger partial charge in [0, 0.05) is 19.3 Å². The third kappa shape index (κ3) is 43.3. The Morgan fingerprint density at radius 3 is 0.700 bits per heavy atom. The van der Waals surface area contributed by atoms with Crippen LogP contribution < -0.4 is 12.4 Å².